The summed E-state index contributed by atoms with van der Waals surface area (Å²) in [7, 11) is 1.98. The number of aromatic nitrogens is 1. The summed E-state index contributed by atoms with van der Waals surface area (Å²) in [5.41, 5.74) is 0.940. The van der Waals surface area contributed by atoms with Crippen LogP contribution >= 0.6 is 11.3 Å². The summed E-state index contributed by atoms with van der Waals surface area (Å²) in [4.78, 5) is 18.9. The summed E-state index contributed by atoms with van der Waals surface area (Å²) in [6.45, 7) is 3.48. The van der Waals surface area contributed by atoms with Crippen LogP contribution in [0.4, 0.5) is 5.13 Å². The maximum Gasteiger partial charge on any atom is 0.240 e. The average molecular weight is 318 g/mol. The second kappa shape index (κ2) is 7.17. The number of piperidine rings is 1. The van der Waals surface area contributed by atoms with Gasteiger partial charge in [-0.3, -0.25) is 9.69 Å². The van der Waals surface area contributed by atoms with Crippen molar-refractivity contribution in [2.24, 2.45) is 5.92 Å². The van der Waals surface area contributed by atoms with E-state index in [0.717, 1.165) is 29.9 Å². The van der Waals surface area contributed by atoms with Crippen LogP contribution in [-0.4, -0.2) is 49.0 Å². The van der Waals surface area contributed by atoms with Gasteiger partial charge in [0, 0.05) is 6.54 Å². The van der Waals surface area contributed by atoms with E-state index in [1.54, 1.807) is 0 Å². The van der Waals surface area contributed by atoms with Crippen molar-refractivity contribution in [1.82, 2.24) is 15.2 Å². The van der Waals surface area contributed by atoms with Crippen LogP contribution in [0.5, 0.6) is 0 Å². The molecule has 1 atom stereocenters. The van der Waals surface area contributed by atoms with Gasteiger partial charge in [0.25, 0.3) is 0 Å². The van der Waals surface area contributed by atoms with E-state index < -0.39 is 0 Å². The third-order valence-electron chi connectivity index (χ3n) is 4.00. The lowest BCUT2D eigenvalue weighted by molar-refractivity contribution is -0.117. The summed E-state index contributed by atoms with van der Waals surface area (Å²) < 4.78 is 1.10. The van der Waals surface area contributed by atoms with E-state index in [1.807, 2.05) is 31.3 Å². The standard InChI is InChI=1S/C16H22N4OS/c1-17-9-12-5-4-8-20(10-12)11-15(21)19-16-18-13-6-2-3-7-14(13)22-16/h2-3,6-7,12,17H,4-5,8-11H2,1H3,(H,18,19,21). The van der Waals surface area contributed by atoms with Crippen LogP contribution in [0, 0.1) is 5.92 Å². The van der Waals surface area contributed by atoms with E-state index in [0.29, 0.717) is 17.6 Å². The minimum absolute atomic E-state index is 0.0316. The van der Waals surface area contributed by atoms with Crippen LogP contribution in [0.15, 0.2) is 24.3 Å². The Morgan fingerprint density at radius 1 is 1.45 bits per heavy atom. The zero-order chi connectivity index (χ0) is 15.4. The third kappa shape index (κ3) is 3.82. The Labute approximate surface area is 134 Å². The largest absolute Gasteiger partial charge is 0.319 e. The first-order valence-corrected chi connectivity index (χ1v) is 8.58. The molecule has 1 saturated heterocycles. The van der Waals surface area contributed by atoms with Crippen molar-refractivity contribution in [3.63, 3.8) is 0 Å². The van der Waals surface area contributed by atoms with E-state index in [2.05, 4.69) is 20.5 Å². The molecule has 1 aromatic carbocycles. The van der Waals surface area contributed by atoms with Gasteiger partial charge in [0.15, 0.2) is 5.13 Å². The Hall–Kier alpha value is -1.50. The van der Waals surface area contributed by atoms with Gasteiger partial charge in [-0.05, 0) is 51.0 Å². The van der Waals surface area contributed by atoms with Crippen LogP contribution < -0.4 is 10.6 Å². The minimum Gasteiger partial charge on any atom is -0.319 e. The van der Waals surface area contributed by atoms with Gasteiger partial charge in [-0.15, -0.1) is 0 Å². The number of likely N-dealkylation sites (tertiary alicyclic amines) is 1. The van der Waals surface area contributed by atoms with Crippen LogP contribution in [0.3, 0.4) is 0 Å². The minimum atomic E-state index is 0.0316. The number of carbonyl (C=O) groups is 1. The molecule has 0 bridgehead atoms. The molecule has 5 nitrogen and oxygen atoms in total. The number of anilines is 1. The number of para-hydroxylation sites is 1. The molecule has 22 heavy (non-hydrogen) atoms. The maximum atomic E-state index is 12.2. The van der Waals surface area contributed by atoms with Gasteiger partial charge in [-0.25, -0.2) is 4.98 Å². The van der Waals surface area contributed by atoms with Gasteiger partial charge >= 0.3 is 0 Å². The lowest BCUT2D eigenvalue weighted by atomic mass is 9.98. The number of nitrogens with zero attached hydrogens (tertiary/aromatic N) is 2. The number of nitrogens with one attached hydrogen (secondary N) is 2. The first kappa shape index (κ1) is 15.4. The van der Waals surface area contributed by atoms with Crippen LogP contribution in [0.1, 0.15) is 12.8 Å². The van der Waals surface area contributed by atoms with Gasteiger partial charge in [0.1, 0.15) is 0 Å². The molecule has 2 heterocycles. The third-order valence-corrected chi connectivity index (χ3v) is 4.96. The Morgan fingerprint density at radius 2 is 2.32 bits per heavy atom. The molecule has 1 amide bonds. The number of hydrogen-bond donors (Lipinski definition) is 2. The normalized spacial score (nSPS) is 19.4. The van der Waals surface area contributed by atoms with Gasteiger partial charge in [-0.1, -0.05) is 23.5 Å². The summed E-state index contributed by atoms with van der Waals surface area (Å²) in [5, 5.41) is 6.86. The van der Waals surface area contributed by atoms with Crippen molar-refractivity contribution in [3.05, 3.63) is 24.3 Å². The maximum absolute atomic E-state index is 12.2. The van der Waals surface area contributed by atoms with Crippen molar-refractivity contribution in [2.45, 2.75) is 12.8 Å². The van der Waals surface area contributed by atoms with Crippen LogP contribution in [0.25, 0.3) is 10.2 Å². The topological polar surface area (TPSA) is 57.3 Å². The molecular formula is C16H22N4OS. The van der Waals surface area contributed by atoms with E-state index in [1.165, 1.54) is 24.2 Å². The lowest BCUT2D eigenvalue weighted by Gasteiger charge is -2.31. The molecule has 6 heteroatoms. The van der Waals surface area contributed by atoms with E-state index in [4.69, 9.17) is 0 Å². The first-order chi connectivity index (χ1) is 10.7. The highest BCUT2D eigenvalue weighted by Gasteiger charge is 2.21. The molecule has 1 aliphatic rings. The number of carbonyl (C=O) groups excluding carboxylic acids is 1. The van der Waals surface area contributed by atoms with E-state index in [-0.39, 0.29) is 5.91 Å². The SMILES string of the molecule is CNCC1CCCN(CC(=O)Nc2nc3ccccc3s2)C1. The number of thiazole rings is 1. The van der Waals surface area contributed by atoms with Gasteiger partial charge in [0.05, 0.1) is 16.8 Å². The highest BCUT2D eigenvalue weighted by molar-refractivity contribution is 7.22. The zero-order valence-electron chi connectivity index (χ0n) is 12.8. The van der Waals surface area contributed by atoms with Crippen LogP contribution in [-0.2, 0) is 4.79 Å². The fourth-order valence-electron chi connectivity index (χ4n) is 3.04. The molecule has 3 rings (SSSR count). The van der Waals surface area contributed by atoms with Crippen molar-refractivity contribution >= 4 is 32.6 Å². The molecule has 2 N–H and O–H groups in total. The molecule has 2 aromatic rings. The predicted octanol–water partition coefficient (Wildman–Crippen LogP) is 2.17. The molecule has 0 radical (unpaired) electrons. The second-order valence-electron chi connectivity index (χ2n) is 5.84. The van der Waals surface area contributed by atoms with E-state index in [9.17, 15) is 4.79 Å². The monoisotopic (exact) mass is 318 g/mol. The highest BCUT2D eigenvalue weighted by atomic mass is 32.1. The number of hydrogen-bond acceptors (Lipinski definition) is 5. The number of amides is 1. The zero-order valence-corrected chi connectivity index (χ0v) is 13.7. The van der Waals surface area contributed by atoms with Crippen molar-refractivity contribution in [2.75, 3.05) is 38.5 Å². The van der Waals surface area contributed by atoms with Gasteiger partial charge < -0.3 is 10.6 Å². The summed E-state index contributed by atoms with van der Waals surface area (Å²) in [6.07, 6.45) is 2.41. The van der Waals surface area contributed by atoms with Crippen LogP contribution in [0.2, 0.25) is 0 Å². The highest BCUT2D eigenvalue weighted by Crippen LogP contribution is 2.25. The van der Waals surface area contributed by atoms with Gasteiger partial charge in [-0.2, -0.15) is 0 Å². The van der Waals surface area contributed by atoms with Crippen molar-refractivity contribution in [1.29, 1.82) is 0 Å². The van der Waals surface area contributed by atoms with Gasteiger partial charge in [0.2, 0.25) is 5.91 Å². The summed E-state index contributed by atoms with van der Waals surface area (Å²) in [5.74, 6) is 0.679. The predicted molar refractivity (Wildman–Crippen MR) is 91.3 cm³/mol. The first-order valence-electron chi connectivity index (χ1n) is 7.77. The van der Waals surface area contributed by atoms with E-state index >= 15 is 0 Å². The fourth-order valence-corrected chi connectivity index (χ4v) is 3.92. The number of rotatable bonds is 5. The smallest absolute Gasteiger partial charge is 0.240 e. The van der Waals surface area contributed by atoms with Crippen molar-refractivity contribution in [3.8, 4) is 0 Å². The molecule has 118 valence electrons. The molecule has 1 aromatic heterocycles. The molecule has 1 fully saturated rings. The summed E-state index contributed by atoms with van der Waals surface area (Å²) in [6, 6.07) is 7.94. The second-order valence-corrected chi connectivity index (χ2v) is 6.87. The molecule has 1 unspecified atom stereocenters. The summed E-state index contributed by atoms with van der Waals surface area (Å²) >= 11 is 1.52. The molecule has 1 aliphatic heterocycles. The Bertz CT molecular complexity index is 607. The Morgan fingerprint density at radius 3 is 3.14 bits per heavy atom. The molecule has 0 spiro atoms. The molecular weight excluding hydrogens is 296 g/mol. The van der Waals surface area contributed by atoms with Crippen molar-refractivity contribution < 1.29 is 4.79 Å². The Kier molecular flexibility index (Phi) is 5.02. The number of fused-ring (bicyclic) bond motifs is 1. The average Bonchev–Trinajstić information content (AvgIpc) is 2.89. The quantitative estimate of drug-likeness (QED) is 0.887. The fraction of sp³-hybridized carbons (Fsp3) is 0.500. The lowest BCUT2D eigenvalue weighted by Crippen LogP contribution is -2.42. The number of benzene rings is 1. The molecule has 0 saturated carbocycles. The molecule has 0 aliphatic carbocycles. The Balaban J connectivity index is 1.55.